The van der Waals surface area contributed by atoms with Crippen LogP contribution < -0.4 is 5.32 Å². The van der Waals surface area contributed by atoms with Crippen molar-refractivity contribution in [2.75, 3.05) is 11.9 Å². The van der Waals surface area contributed by atoms with Gasteiger partial charge in [0.25, 0.3) is 5.91 Å². The standard InChI is InChI=1S/C25H26N6O3/c1-3-34-25(33)20-12-14-31(29-20)18-10-8-17(9-11-18)27-24(32)19-15-16(2)26-23-22(19)28-21-7-5-4-6-13-30(21)23/h8-12,14-15H,3-7,13H2,1-2H3,(H,27,32). The second-order valence-electron chi connectivity index (χ2n) is 8.34. The Bertz CT molecular complexity index is 1370. The number of ether oxygens (including phenoxy) is 1. The van der Waals surface area contributed by atoms with Crippen molar-refractivity contribution >= 4 is 28.7 Å². The number of benzene rings is 1. The summed E-state index contributed by atoms with van der Waals surface area (Å²) in [5, 5.41) is 7.23. The van der Waals surface area contributed by atoms with Crippen LogP contribution in [0.15, 0.2) is 42.6 Å². The molecular formula is C25H26N6O3. The number of amides is 1. The third-order valence-corrected chi connectivity index (χ3v) is 5.90. The van der Waals surface area contributed by atoms with Crippen molar-refractivity contribution in [1.82, 2.24) is 24.3 Å². The average molecular weight is 459 g/mol. The first-order chi connectivity index (χ1) is 16.5. The Kier molecular flexibility index (Phi) is 5.83. The maximum atomic E-state index is 13.2. The molecule has 5 rings (SSSR count). The lowest BCUT2D eigenvalue weighted by atomic mass is 10.1. The Labute approximate surface area is 196 Å². The van der Waals surface area contributed by atoms with Gasteiger partial charge in [0.05, 0.1) is 17.9 Å². The first-order valence-electron chi connectivity index (χ1n) is 11.5. The summed E-state index contributed by atoms with van der Waals surface area (Å²) >= 11 is 0. The molecule has 34 heavy (non-hydrogen) atoms. The van der Waals surface area contributed by atoms with Crippen LogP contribution in [0.3, 0.4) is 0 Å². The summed E-state index contributed by atoms with van der Waals surface area (Å²) in [6.07, 6.45) is 5.98. The Morgan fingerprint density at radius 3 is 2.71 bits per heavy atom. The van der Waals surface area contributed by atoms with E-state index in [0.717, 1.165) is 48.7 Å². The molecule has 0 saturated carbocycles. The van der Waals surface area contributed by atoms with Crippen molar-refractivity contribution in [1.29, 1.82) is 0 Å². The number of aryl methyl sites for hydroxylation is 3. The van der Waals surface area contributed by atoms with Gasteiger partial charge in [-0.15, -0.1) is 0 Å². The highest BCUT2D eigenvalue weighted by atomic mass is 16.5. The normalized spacial score (nSPS) is 13.4. The zero-order valence-corrected chi connectivity index (χ0v) is 19.2. The van der Waals surface area contributed by atoms with Crippen LogP contribution in [-0.4, -0.2) is 42.8 Å². The molecule has 1 N–H and O–H groups in total. The highest BCUT2D eigenvalue weighted by Gasteiger charge is 2.21. The second kappa shape index (κ2) is 9.09. The van der Waals surface area contributed by atoms with Gasteiger partial charge in [-0.05, 0) is 63.1 Å². The molecule has 0 aliphatic carbocycles. The second-order valence-corrected chi connectivity index (χ2v) is 8.34. The van der Waals surface area contributed by atoms with E-state index in [0.29, 0.717) is 23.4 Å². The minimum Gasteiger partial charge on any atom is -0.461 e. The van der Waals surface area contributed by atoms with Gasteiger partial charge in [-0.1, -0.05) is 6.42 Å². The third-order valence-electron chi connectivity index (χ3n) is 5.90. The minimum absolute atomic E-state index is 0.222. The molecule has 0 unspecified atom stereocenters. The van der Waals surface area contributed by atoms with Crippen LogP contribution in [0.2, 0.25) is 0 Å². The largest absolute Gasteiger partial charge is 0.461 e. The Hall–Kier alpha value is -4.01. The molecule has 0 spiro atoms. The number of fused-ring (bicyclic) bond motifs is 3. The van der Waals surface area contributed by atoms with Gasteiger partial charge in [0.2, 0.25) is 0 Å². The number of hydrogen-bond donors (Lipinski definition) is 1. The molecule has 1 aliphatic heterocycles. The highest BCUT2D eigenvalue weighted by Crippen LogP contribution is 2.25. The van der Waals surface area contributed by atoms with Crippen LogP contribution >= 0.6 is 0 Å². The van der Waals surface area contributed by atoms with Crippen LogP contribution in [0.25, 0.3) is 16.9 Å². The lowest BCUT2D eigenvalue weighted by Crippen LogP contribution is -2.13. The topological polar surface area (TPSA) is 104 Å². The fraction of sp³-hybridized carbons (Fsp3) is 0.320. The van der Waals surface area contributed by atoms with Gasteiger partial charge in [-0.25, -0.2) is 19.4 Å². The lowest BCUT2D eigenvalue weighted by molar-refractivity contribution is 0.0519. The Morgan fingerprint density at radius 2 is 1.91 bits per heavy atom. The van der Waals surface area contributed by atoms with Crippen molar-refractivity contribution in [2.24, 2.45) is 0 Å². The number of anilines is 1. The molecule has 9 nitrogen and oxygen atoms in total. The minimum atomic E-state index is -0.458. The molecule has 4 heterocycles. The van der Waals surface area contributed by atoms with E-state index in [-0.39, 0.29) is 11.6 Å². The van der Waals surface area contributed by atoms with E-state index in [2.05, 4.69) is 20.0 Å². The van der Waals surface area contributed by atoms with Gasteiger partial charge < -0.3 is 14.6 Å². The van der Waals surface area contributed by atoms with Crippen molar-refractivity contribution in [3.05, 3.63) is 65.4 Å². The van der Waals surface area contributed by atoms with Crippen LogP contribution in [0.5, 0.6) is 0 Å². The predicted octanol–water partition coefficient (Wildman–Crippen LogP) is 4.08. The van der Waals surface area contributed by atoms with E-state index < -0.39 is 5.97 Å². The monoisotopic (exact) mass is 458 g/mol. The number of aromatic nitrogens is 5. The molecule has 0 atom stereocenters. The maximum Gasteiger partial charge on any atom is 0.358 e. The molecule has 0 bridgehead atoms. The van der Waals surface area contributed by atoms with Crippen molar-refractivity contribution < 1.29 is 14.3 Å². The number of rotatable bonds is 5. The van der Waals surface area contributed by atoms with E-state index in [1.54, 1.807) is 42.1 Å². The van der Waals surface area contributed by atoms with E-state index in [9.17, 15) is 9.59 Å². The van der Waals surface area contributed by atoms with E-state index >= 15 is 0 Å². The molecule has 3 aromatic heterocycles. The molecule has 174 valence electrons. The molecule has 9 heteroatoms. The van der Waals surface area contributed by atoms with Crippen LogP contribution in [-0.2, 0) is 17.7 Å². The van der Waals surface area contributed by atoms with Crippen LogP contribution in [0.4, 0.5) is 5.69 Å². The van der Waals surface area contributed by atoms with Gasteiger partial charge >= 0.3 is 5.97 Å². The number of nitrogens with zero attached hydrogens (tertiary/aromatic N) is 5. The SMILES string of the molecule is CCOC(=O)c1ccn(-c2ccc(NC(=O)c3cc(C)nc4c3nc3n4CCCCC3)cc2)n1. The van der Waals surface area contributed by atoms with Gasteiger partial charge in [0, 0.05) is 30.5 Å². The molecule has 1 aromatic carbocycles. The summed E-state index contributed by atoms with van der Waals surface area (Å²) in [6.45, 7) is 4.83. The zero-order valence-electron chi connectivity index (χ0n) is 19.2. The molecule has 0 fully saturated rings. The lowest BCUT2D eigenvalue weighted by Gasteiger charge is -2.09. The number of carbonyl (C=O) groups is 2. The Morgan fingerprint density at radius 1 is 1.09 bits per heavy atom. The van der Waals surface area contributed by atoms with E-state index in [1.807, 2.05) is 19.1 Å². The summed E-state index contributed by atoms with van der Waals surface area (Å²) in [7, 11) is 0. The Balaban J connectivity index is 1.37. The summed E-state index contributed by atoms with van der Waals surface area (Å²) in [4.78, 5) is 34.5. The molecule has 1 amide bonds. The maximum absolute atomic E-state index is 13.2. The number of nitrogens with one attached hydrogen (secondary N) is 1. The highest BCUT2D eigenvalue weighted by molar-refractivity contribution is 6.11. The summed E-state index contributed by atoms with van der Waals surface area (Å²) < 4.78 is 8.73. The molecule has 4 aromatic rings. The van der Waals surface area contributed by atoms with E-state index in [1.165, 1.54) is 6.42 Å². The molecule has 1 aliphatic rings. The molecule has 0 saturated heterocycles. The van der Waals surface area contributed by atoms with Gasteiger partial charge in [-0.2, -0.15) is 5.10 Å². The zero-order chi connectivity index (χ0) is 23.7. The first kappa shape index (κ1) is 21.8. The quantitative estimate of drug-likeness (QED) is 0.452. The summed E-state index contributed by atoms with van der Waals surface area (Å²) in [5.74, 6) is 0.325. The third kappa shape index (κ3) is 4.16. The van der Waals surface area contributed by atoms with Gasteiger partial charge in [0.15, 0.2) is 11.3 Å². The van der Waals surface area contributed by atoms with Crippen LogP contribution in [0, 0.1) is 6.92 Å². The van der Waals surface area contributed by atoms with Crippen molar-refractivity contribution in [3.8, 4) is 5.69 Å². The van der Waals surface area contributed by atoms with Crippen molar-refractivity contribution in [3.63, 3.8) is 0 Å². The number of carbonyl (C=O) groups excluding carboxylic acids is 2. The number of hydrogen-bond acceptors (Lipinski definition) is 6. The summed E-state index contributed by atoms with van der Waals surface area (Å²) in [6, 6.07) is 10.6. The fourth-order valence-electron chi connectivity index (χ4n) is 4.27. The van der Waals surface area contributed by atoms with Crippen molar-refractivity contribution in [2.45, 2.75) is 46.1 Å². The van der Waals surface area contributed by atoms with Crippen LogP contribution in [0.1, 0.15) is 58.6 Å². The fourth-order valence-corrected chi connectivity index (χ4v) is 4.27. The average Bonchev–Trinajstić information content (AvgIpc) is 3.38. The molecular weight excluding hydrogens is 432 g/mol. The predicted molar refractivity (Wildman–Crippen MR) is 127 cm³/mol. The van der Waals surface area contributed by atoms with Gasteiger partial charge in [-0.3, -0.25) is 4.79 Å². The van der Waals surface area contributed by atoms with E-state index in [4.69, 9.17) is 9.72 Å². The smallest absolute Gasteiger partial charge is 0.358 e. The molecule has 0 radical (unpaired) electrons. The summed E-state index contributed by atoms with van der Waals surface area (Å²) in [5.41, 5.74) is 4.40. The number of imidazole rings is 1. The first-order valence-corrected chi connectivity index (χ1v) is 11.5. The van der Waals surface area contributed by atoms with Gasteiger partial charge in [0.1, 0.15) is 11.3 Å². The number of esters is 1. The number of pyridine rings is 1.